The van der Waals surface area contributed by atoms with Crippen LogP contribution in [0.15, 0.2) is 35.2 Å². The third-order valence-electron chi connectivity index (χ3n) is 4.96. The second-order valence-electron chi connectivity index (χ2n) is 7.42. The van der Waals surface area contributed by atoms with Crippen molar-refractivity contribution in [2.75, 3.05) is 14.2 Å². The molecule has 1 atom stereocenters. The van der Waals surface area contributed by atoms with E-state index in [1.54, 1.807) is 27.0 Å². The molecule has 1 unspecified atom stereocenters. The Morgan fingerprint density at radius 3 is 2.17 bits per heavy atom. The van der Waals surface area contributed by atoms with Gasteiger partial charge in [0.2, 0.25) is 10.0 Å². The number of hydrogen-bond donors (Lipinski definition) is 1. The zero-order valence-electron chi connectivity index (χ0n) is 18.0. The molecule has 0 saturated heterocycles. The van der Waals surface area contributed by atoms with Crippen LogP contribution in [-0.4, -0.2) is 28.6 Å². The van der Waals surface area contributed by atoms with E-state index in [1.165, 1.54) is 19.2 Å². The van der Waals surface area contributed by atoms with Gasteiger partial charge in [0, 0.05) is 6.04 Å². The number of ether oxygens (including phenoxy) is 2. The van der Waals surface area contributed by atoms with E-state index in [0.29, 0.717) is 5.56 Å². The number of esters is 1. The number of methoxy groups -OCH3 is 2. The number of rotatable bonds is 7. The summed E-state index contributed by atoms with van der Waals surface area (Å²) in [7, 11) is -0.950. The van der Waals surface area contributed by atoms with E-state index >= 15 is 0 Å². The monoisotopic (exact) mass is 419 g/mol. The summed E-state index contributed by atoms with van der Waals surface area (Å²) < 4.78 is 38.8. The second kappa shape index (κ2) is 8.97. The van der Waals surface area contributed by atoms with Gasteiger partial charge in [0.25, 0.3) is 0 Å². The Kier molecular flexibility index (Phi) is 7.08. The average molecular weight is 420 g/mol. The highest BCUT2D eigenvalue weighted by atomic mass is 32.2. The molecule has 158 valence electrons. The molecule has 0 saturated carbocycles. The zero-order chi connectivity index (χ0) is 21.9. The number of aryl methyl sites for hydroxylation is 2. The molecule has 0 radical (unpaired) electrons. The first-order chi connectivity index (χ1) is 13.5. The molecule has 0 fully saturated rings. The van der Waals surface area contributed by atoms with Gasteiger partial charge >= 0.3 is 5.97 Å². The SMILES string of the molecule is COC(=O)c1cc(S(=O)(=O)NC(C)c2cc(C(C)C)c(OC)cc2C)ccc1C. The molecule has 7 heteroatoms. The lowest BCUT2D eigenvalue weighted by Crippen LogP contribution is -2.28. The van der Waals surface area contributed by atoms with Crippen LogP contribution < -0.4 is 9.46 Å². The van der Waals surface area contributed by atoms with Crippen molar-refractivity contribution >= 4 is 16.0 Å². The predicted molar refractivity (Wildman–Crippen MR) is 113 cm³/mol. The number of carbonyl (C=O) groups is 1. The van der Waals surface area contributed by atoms with Gasteiger partial charge in [0.05, 0.1) is 24.7 Å². The van der Waals surface area contributed by atoms with Crippen LogP contribution in [0.5, 0.6) is 5.75 Å². The number of sulfonamides is 1. The minimum atomic E-state index is -3.84. The smallest absolute Gasteiger partial charge is 0.338 e. The van der Waals surface area contributed by atoms with Crippen LogP contribution in [0.3, 0.4) is 0 Å². The Labute approximate surface area is 173 Å². The largest absolute Gasteiger partial charge is 0.496 e. The van der Waals surface area contributed by atoms with E-state index < -0.39 is 22.0 Å². The first-order valence-corrected chi connectivity index (χ1v) is 10.9. The van der Waals surface area contributed by atoms with Gasteiger partial charge in [0.1, 0.15) is 5.75 Å². The van der Waals surface area contributed by atoms with E-state index in [4.69, 9.17) is 9.47 Å². The van der Waals surface area contributed by atoms with Crippen LogP contribution in [0.1, 0.15) is 65.3 Å². The van der Waals surface area contributed by atoms with Gasteiger partial charge in [-0.25, -0.2) is 17.9 Å². The van der Waals surface area contributed by atoms with Crippen molar-refractivity contribution in [3.8, 4) is 5.75 Å². The lowest BCUT2D eigenvalue weighted by molar-refractivity contribution is 0.0599. The van der Waals surface area contributed by atoms with Gasteiger partial charge in [-0.3, -0.25) is 0 Å². The summed E-state index contributed by atoms with van der Waals surface area (Å²) in [5, 5.41) is 0. The molecular weight excluding hydrogens is 390 g/mol. The van der Waals surface area contributed by atoms with Crippen LogP contribution in [0.4, 0.5) is 0 Å². The van der Waals surface area contributed by atoms with Gasteiger partial charge < -0.3 is 9.47 Å². The molecule has 0 heterocycles. The van der Waals surface area contributed by atoms with E-state index in [1.807, 2.05) is 19.1 Å². The molecule has 2 aromatic carbocycles. The lowest BCUT2D eigenvalue weighted by atomic mass is 9.94. The van der Waals surface area contributed by atoms with E-state index in [9.17, 15) is 13.2 Å². The summed E-state index contributed by atoms with van der Waals surface area (Å²) in [5.41, 5.74) is 3.70. The molecular formula is C22H29NO5S. The molecule has 2 aromatic rings. The molecule has 0 aromatic heterocycles. The molecule has 0 aliphatic rings. The highest BCUT2D eigenvalue weighted by Crippen LogP contribution is 2.32. The number of hydrogen-bond acceptors (Lipinski definition) is 5. The lowest BCUT2D eigenvalue weighted by Gasteiger charge is -2.21. The van der Waals surface area contributed by atoms with Gasteiger partial charge in [-0.1, -0.05) is 19.9 Å². The third kappa shape index (κ3) is 4.97. The Morgan fingerprint density at radius 1 is 0.966 bits per heavy atom. The van der Waals surface area contributed by atoms with Crippen molar-refractivity contribution in [3.05, 3.63) is 58.1 Å². The summed E-state index contributed by atoms with van der Waals surface area (Å²) in [6.07, 6.45) is 0. The standard InChI is InChI=1S/C22H29NO5S/c1-13(2)18-12-19(15(4)10-21(18)27-6)16(5)23-29(25,26)17-9-8-14(3)20(11-17)22(24)28-7/h8-13,16,23H,1-7H3. The van der Waals surface area contributed by atoms with Crippen molar-refractivity contribution in [1.82, 2.24) is 4.72 Å². The van der Waals surface area contributed by atoms with E-state index in [0.717, 1.165) is 22.4 Å². The van der Waals surface area contributed by atoms with Gasteiger partial charge in [-0.05, 0) is 73.2 Å². The minimum Gasteiger partial charge on any atom is -0.496 e. The molecule has 29 heavy (non-hydrogen) atoms. The Hall–Kier alpha value is -2.38. The summed E-state index contributed by atoms with van der Waals surface area (Å²) >= 11 is 0. The van der Waals surface area contributed by atoms with Crippen LogP contribution in [0.2, 0.25) is 0 Å². The predicted octanol–water partition coefficient (Wildman–Crippen LogP) is 4.26. The summed E-state index contributed by atoms with van der Waals surface area (Å²) in [4.78, 5) is 11.9. The van der Waals surface area contributed by atoms with Crippen LogP contribution in [0.25, 0.3) is 0 Å². The average Bonchev–Trinajstić information content (AvgIpc) is 2.66. The minimum absolute atomic E-state index is 0.0191. The van der Waals surface area contributed by atoms with Gasteiger partial charge in [-0.2, -0.15) is 0 Å². The maximum absolute atomic E-state index is 13.0. The molecule has 1 N–H and O–H groups in total. The molecule has 2 rings (SSSR count). The fourth-order valence-electron chi connectivity index (χ4n) is 3.27. The quantitative estimate of drug-likeness (QED) is 0.678. The van der Waals surface area contributed by atoms with Crippen molar-refractivity contribution in [1.29, 1.82) is 0 Å². The van der Waals surface area contributed by atoms with Gasteiger partial charge in [-0.15, -0.1) is 0 Å². The number of carbonyl (C=O) groups excluding carboxylic acids is 1. The van der Waals surface area contributed by atoms with Crippen molar-refractivity contribution in [3.63, 3.8) is 0 Å². The van der Waals surface area contributed by atoms with Gasteiger partial charge in [0.15, 0.2) is 0 Å². The third-order valence-corrected chi connectivity index (χ3v) is 6.50. The molecule has 0 amide bonds. The molecule has 0 spiro atoms. The van der Waals surface area contributed by atoms with Crippen molar-refractivity contribution in [2.24, 2.45) is 0 Å². The Balaban J connectivity index is 2.41. The molecule has 6 nitrogen and oxygen atoms in total. The molecule has 0 aliphatic carbocycles. The topological polar surface area (TPSA) is 81.7 Å². The highest BCUT2D eigenvalue weighted by molar-refractivity contribution is 7.89. The van der Waals surface area contributed by atoms with E-state index in [-0.39, 0.29) is 16.4 Å². The van der Waals surface area contributed by atoms with Crippen molar-refractivity contribution < 1.29 is 22.7 Å². The second-order valence-corrected chi connectivity index (χ2v) is 9.13. The van der Waals surface area contributed by atoms with Crippen molar-refractivity contribution in [2.45, 2.75) is 51.5 Å². The normalized spacial score (nSPS) is 12.7. The Morgan fingerprint density at radius 2 is 1.62 bits per heavy atom. The summed E-state index contributed by atoms with van der Waals surface area (Å²) in [5.74, 6) is 0.450. The van der Waals surface area contributed by atoms with Crippen LogP contribution >= 0.6 is 0 Å². The first kappa shape index (κ1) is 22.9. The van der Waals surface area contributed by atoms with E-state index in [2.05, 4.69) is 18.6 Å². The molecule has 0 bridgehead atoms. The molecule has 0 aliphatic heterocycles. The Bertz CT molecular complexity index is 1010. The fourth-order valence-corrected chi connectivity index (χ4v) is 4.52. The first-order valence-electron chi connectivity index (χ1n) is 9.41. The summed E-state index contributed by atoms with van der Waals surface area (Å²) in [6.45, 7) is 9.58. The highest BCUT2D eigenvalue weighted by Gasteiger charge is 2.23. The zero-order valence-corrected chi connectivity index (χ0v) is 18.8. The fraction of sp³-hybridized carbons (Fsp3) is 0.409. The summed E-state index contributed by atoms with van der Waals surface area (Å²) in [6, 6.07) is 7.87. The maximum atomic E-state index is 13.0. The van der Waals surface area contributed by atoms with Crippen LogP contribution in [-0.2, 0) is 14.8 Å². The maximum Gasteiger partial charge on any atom is 0.338 e. The number of nitrogens with one attached hydrogen (secondary N) is 1. The number of benzene rings is 2. The van der Waals surface area contributed by atoms with Crippen LogP contribution in [0, 0.1) is 13.8 Å².